The fourth-order valence-corrected chi connectivity index (χ4v) is 1.88. The predicted molar refractivity (Wildman–Crippen MR) is 74.1 cm³/mol. The van der Waals surface area contributed by atoms with E-state index >= 15 is 0 Å². The average molecular weight is 320 g/mol. The van der Waals surface area contributed by atoms with Crippen LogP contribution in [0.3, 0.4) is 0 Å². The third-order valence-corrected chi connectivity index (χ3v) is 2.84. The van der Waals surface area contributed by atoms with Crippen LogP contribution in [0.5, 0.6) is 0 Å². The van der Waals surface area contributed by atoms with Gasteiger partial charge in [-0.1, -0.05) is 15.9 Å². The number of benzene rings is 1. The van der Waals surface area contributed by atoms with Gasteiger partial charge in [0.15, 0.2) is 0 Å². The van der Waals surface area contributed by atoms with Crippen molar-refractivity contribution in [2.75, 3.05) is 11.1 Å². The monoisotopic (exact) mass is 319 g/mol. The van der Waals surface area contributed by atoms with E-state index in [0.717, 1.165) is 4.47 Å². The van der Waals surface area contributed by atoms with E-state index in [1.54, 1.807) is 30.5 Å². The number of halogens is 1. The number of carbonyl (C=O) groups excluding carboxylic acids is 1. The van der Waals surface area contributed by atoms with Gasteiger partial charge in [0.2, 0.25) is 5.91 Å². The van der Waals surface area contributed by atoms with Crippen LogP contribution in [0.15, 0.2) is 34.9 Å². The average Bonchev–Trinajstić information content (AvgIpc) is 2.76. The van der Waals surface area contributed by atoms with Crippen molar-refractivity contribution in [2.24, 2.45) is 0 Å². The van der Waals surface area contributed by atoms with Crippen LogP contribution in [0, 0.1) is 11.3 Å². The van der Waals surface area contributed by atoms with Crippen LogP contribution < -0.4 is 11.1 Å². The Labute approximate surface area is 118 Å². The number of nitrogen functional groups attached to an aromatic ring is 1. The molecule has 96 valence electrons. The van der Waals surface area contributed by atoms with Gasteiger partial charge in [-0.25, -0.2) is 0 Å². The second kappa shape index (κ2) is 5.54. The van der Waals surface area contributed by atoms with Crippen molar-refractivity contribution >= 4 is 33.3 Å². The maximum atomic E-state index is 11.8. The molecule has 2 aromatic rings. The minimum atomic E-state index is -0.276. The van der Waals surface area contributed by atoms with Crippen LogP contribution in [-0.4, -0.2) is 15.7 Å². The van der Waals surface area contributed by atoms with Crippen LogP contribution in [-0.2, 0) is 11.3 Å². The van der Waals surface area contributed by atoms with Crippen LogP contribution in [0.25, 0.3) is 0 Å². The fraction of sp³-hybridized carbons (Fsp3) is 0.0833. The highest BCUT2D eigenvalue weighted by Crippen LogP contribution is 2.20. The number of nitrogens with two attached hydrogens (primary N) is 1. The molecule has 6 nitrogen and oxygen atoms in total. The number of nitrogens with one attached hydrogen (secondary N) is 1. The minimum Gasteiger partial charge on any atom is -0.382 e. The molecule has 1 heterocycles. The topological polar surface area (TPSA) is 96.7 Å². The summed E-state index contributed by atoms with van der Waals surface area (Å²) in [7, 11) is 0. The number of nitriles is 1. The minimum absolute atomic E-state index is 0.0398. The van der Waals surface area contributed by atoms with Gasteiger partial charge in [-0.2, -0.15) is 10.4 Å². The molecule has 0 fully saturated rings. The summed E-state index contributed by atoms with van der Waals surface area (Å²) in [5, 5.41) is 15.6. The van der Waals surface area contributed by atoms with Crippen molar-refractivity contribution in [1.29, 1.82) is 5.26 Å². The Kier molecular flexibility index (Phi) is 3.82. The zero-order valence-corrected chi connectivity index (χ0v) is 11.4. The zero-order valence-electron chi connectivity index (χ0n) is 9.80. The molecule has 0 unspecified atom stereocenters. The van der Waals surface area contributed by atoms with E-state index in [0.29, 0.717) is 17.1 Å². The molecule has 1 aromatic heterocycles. The van der Waals surface area contributed by atoms with E-state index in [2.05, 4.69) is 26.3 Å². The second-order valence-corrected chi connectivity index (χ2v) is 4.70. The number of hydrogen-bond acceptors (Lipinski definition) is 4. The van der Waals surface area contributed by atoms with E-state index in [1.165, 1.54) is 4.68 Å². The number of anilines is 2. The Morgan fingerprint density at radius 3 is 2.95 bits per heavy atom. The van der Waals surface area contributed by atoms with Crippen molar-refractivity contribution in [2.45, 2.75) is 6.54 Å². The summed E-state index contributed by atoms with van der Waals surface area (Å²) in [6, 6.07) is 8.68. The highest BCUT2D eigenvalue weighted by Gasteiger charge is 2.08. The molecule has 3 N–H and O–H groups in total. The molecule has 0 atom stereocenters. The lowest BCUT2D eigenvalue weighted by atomic mass is 10.2. The number of carbonyl (C=O) groups is 1. The number of rotatable bonds is 3. The van der Waals surface area contributed by atoms with Gasteiger partial charge in [0.1, 0.15) is 18.4 Å². The predicted octanol–water partition coefficient (Wildman–Crippen LogP) is 1.74. The molecule has 7 heteroatoms. The number of aromatic nitrogens is 2. The summed E-state index contributed by atoms with van der Waals surface area (Å²) in [5.74, 6) is 0.0797. The summed E-state index contributed by atoms with van der Waals surface area (Å²) in [5.41, 5.74) is 6.32. The van der Waals surface area contributed by atoms with Gasteiger partial charge in [0.05, 0.1) is 11.3 Å². The molecule has 0 saturated heterocycles. The highest BCUT2D eigenvalue weighted by molar-refractivity contribution is 9.10. The molecule has 0 radical (unpaired) electrons. The van der Waals surface area contributed by atoms with Gasteiger partial charge >= 0.3 is 0 Å². The molecule has 1 amide bonds. The van der Waals surface area contributed by atoms with Gasteiger partial charge in [-0.15, -0.1) is 0 Å². The third kappa shape index (κ3) is 3.33. The van der Waals surface area contributed by atoms with E-state index in [1.807, 2.05) is 6.07 Å². The van der Waals surface area contributed by atoms with Crippen molar-refractivity contribution in [1.82, 2.24) is 9.78 Å². The lowest BCUT2D eigenvalue weighted by Crippen LogP contribution is -2.19. The maximum Gasteiger partial charge on any atom is 0.246 e. The van der Waals surface area contributed by atoms with Crippen LogP contribution in [0.2, 0.25) is 0 Å². The molecule has 0 aliphatic heterocycles. The van der Waals surface area contributed by atoms with Gasteiger partial charge < -0.3 is 11.1 Å². The molecule has 0 aliphatic rings. The van der Waals surface area contributed by atoms with E-state index in [4.69, 9.17) is 11.0 Å². The van der Waals surface area contributed by atoms with E-state index < -0.39 is 0 Å². The third-order valence-electron chi connectivity index (χ3n) is 2.34. The molecule has 0 spiro atoms. The molecule has 1 aromatic carbocycles. The summed E-state index contributed by atoms with van der Waals surface area (Å²) in [4.78, 5) is 11.8. The van der Waals surface area contributed by atoms with E-state index in [-0.39, 0.29) is 12.5 Å². The highest BCUT2D eigenvalue weighted by atomic mass is 79.9. The SMILES string of the molecule is N#Cc1cc(Br)ccc1NC(=O)Cn1ccc(N)n1. The Balaban J connectivity index is 2.09. The van der Waals surface area contributed by atoms with Crippen molar-refractivity contribution in [3.8, 4) is 6.07 Å². The van der Waals surface area contributed by atoms with Crippen molar-refractivity contribution in [3.63, 3.8) is 0 Å². The number of nitrogens with zero attached hydrogens (tertiary/aromatic N) is 3. The standard InChI is InChI=1S/C12H10BrN5O/c13-9-1-2-10(8(5-9)6-14)16-12(19)7-18-4-3-11(15)17-18/h1-5H,7H2,(H2,15,17)(H,16,19). The van der Waals surface area contributed by atoms with Gasteiger partial charge in [-0.3, -0.25) is 9.48 Å². The van der Waals surface area contributed by atoms with Crippen LogP contribution >= 0.6 is 15.9 Å². The number of hydrogen-bond donors (Lipinski definition) is 2. The first-order valence-electron chi connectivity index (χ1n) is 5.37. The largest absolute Gasteiger partial charge is 0.382 e. The first-order chi connectivity index (χ1) is 9.08. The van der Waals surface area contributed by atoms with Gasteiger partial charge in [0, 0.05) is 10.7 Å². The summed E-state index contributed by atoms with van der Waals surface area (Å²) in [6.45, 7) is 0.0398. The summed E-state index contributed by atoms with van der Waals surface area (Å²) in [6.07, 6.45) is 1.61. The van der Waals surface area contributed by atoms with Gasteiger partial charge in [0.25, 0.3) is 0 Å². The molecule has 2 rings (SSSR count). The summed E-state index contributed by atoms with van der Waals surface area (Å²) < 4.78 is 2.21. The Morgan fingerprint density at radius 2 is 2.32 bits per heavy atom. The maximum absolute atomic E-state index is 11.8. The fourth-order valence-electron chi connectivity index (χ4n) is 1.52. The molecular weight excluding hydrogens is 310 g/mol. The Morgan fingerprint density at radius 1 is 1.53 bits per heavy atom. The second-order valence-electron chi connectivity index (χ2n) is 3.79. The Hall–Kier alpha value is -2.33. The van der Waals surface area contributed by atoms with Crippen LogP contribution in [0.1, 0.15) is 5.56 Å². The lowest BCUT2D eigenvalue weighted by Gasteiger charge is -2.07. The first kappa shape index (κ1) is 13.1. The first-order valence-corrected chi connectivity index (χ1v) is 6.16. The Bertz CT molecular complexity index is 658. The quantitative estimate of drug-likeness (QED) is 0.900. The lowest BCUT2D eigenvalue weighted by molar-refractivity contribution is -0.116. The van der Waals surface area contributed by atoms with Crippen LogP contribution in [0.4, 0.5) is 11.5 Å². The summed E-state index contributed by atoms with van der Waals surface area (Å²) >= 11 is 3.27. The van der Waals surface area contributed by atoms with E-state index in [9.17, 15) is 4.79 Å². The smallest absolute Gasteiger partial charge is 0.246 e. The normalized spacial score (nSPS) is 9.89. The number of amides is 1. The molecule has 0 saturated carbocycles. The van der Waals surface area contributed by atoms with Crippen molar-refractivity contribution in [3.05, 3.63) is 40.5 Å². The molecular formula is C12H10BrN5O. The zero-order chi connectivity index (χ0) is 13.8. The molecule has 19 heavy (non-hydrogen) atoms. The van der Waals surface area contributed by atoms with Crippen molar-refractivity contribution < 1.29 is 4.79 Å². The molecule has 0 bridgehead atoms. The molecule has 0 aliphatic carbocycles. The van der Waals surface area contributed by atoms with Gasteiger partial charge in [-0.05, 0) is 24.3 Å².